The first-order chi connectivity index (χ1) is 16.0. The summed E-state index contributed by atoms with van der Waals surface area (Å²) in [6, 6.07) is 22.7. The largest absolute Gasteiger partial charge is 0.302 e. The van der Waals surface area contributed by atoms with E-state index in [-0.39, 0.29) is 11.8 Å². The number of amides is 1. The lowest BCUT2D eigenvalue weighted by atomic mass is 9.97. The Hall–Kier alpha value is -3.07. The molecule has 1 aliphatic heterocycles. The summed E-state index contributed by atoms with van der Waals surface area (Å²) in [5.74, 6) is -0.344. The lowest BCUT2D eigenvalue weighted by molar-refractivity contribution is -0.120. The zero-order chi connectivity index (χ0) is 22.8. The topological polar surface area (TPSA) is 79.4 Å². The Labute approximate surface area is 197 Å². The van der Waals surface area contributed by atoms with Crippen molar-refractivity contribution in [3.8, 4) is 11.3 Å². The van der Waals surface area contributed by atoms with E-state index in [0.29, 0.717) is 36.0 Å². The highest BCUT2D eigenvalue weighted by atomic mass is 32.2. The van der Waals surface area contributed by atoms with Crippen LogP contribution in [0.2, 0.25) is 0 Å². The maximum Gasteiger partial charge on any atom is 0.243 e. The Morgan fingerprint density at radius 3 is 2.39 bits per heavy atom. The first kappa shape index (κ1) is 21.8. The lowest BCUT2D eigenvalue weighted by Gasteiger charge is -2.30. The average molecular weight is 478 g/mol. The molecule has 0 unspecified atom stereocenters. The summed E-state index contributed by atoms with van der Waals surface area (Å²) in [5, 5.41) is 7.29. The summed E-state index contributed by atoms with van der Waals surface area (Å²) in [5.41, 5.74) is 1.83. The van der Waals surface area contributed by atoms with Crippen molar-refractivity contribution in [3.05, 3.63) is 78.2 Å². The number of aromatic nitrogens is 1. The molecule has 0 radical (unpaired) electrons. The van der Waals surface area contributed by atoms with Crippen molar-refractivity contribution < 1.29 is 13.2 Å². The van der Waals surface area contributed by atoms with Gasteiger partial charge in [-0.2, -0.15) is 4.31 Å². The Morgan fingerprint density at radius 2 is 1.64 bits per heavy atom. The Kier molecular flexibility index (Phi) is 5.97. The van der Waals surface area contributed by atoms with Crippen molar-refractivity contribution in [1.82, 2.24) is 9.29 Å². The van der Waals surface area contributed by atoms with Gasteiger partial charge >= 0.3 is 0 Å². The Morgan fingerprint density at radius 1 is 0.939 bits per heavy atom. The van der Waals surface area contributed by atoms with Gasteiger partial charge in [0.25, 0.3) is 0 Å². The van der Waals surface area contributed by atoms with Crippen LogP contribution in [-0.4, -0.2) is 36.7 Å². The van der Waals surface area contributed by atoms with Crippen molar-refractivity contribution in [2.45, 2.75) is 17.7 Å². The van der Waals surface area contributed by atoms with Crippen molar-refractivity contribution in [1.29, 1.82) is 0 Å². The second kappa shape index (κ2) is 9.05. The van der Waals surface area contributed by atoms with Gasteiger partial charge < -0.3 is 5.32 Å². The van der Waals surface area contributed by atoms with Gasteiger partial charge in [0.1, 0.15) is 0 Å². The fourth-order valence-electron chi connectivity index (χ4n) is 4.12. The molecule has 4 aromatic rings. The molecular weight excluding hydrogens is 454 g/mol. The van der Waals surface area contributed by atoms with E-state index < -0.39 is 10.0 Å². The SMILES string of the molecule is O=C(Nc1nc(-c2ccccc2)cs1)C1CCN(S(=O)(=O)c2ccc3ccccc3c2)CC1. The number of hydrogen-bond acceptors (Lipinski definition) is 5. The number of sulfonamides is 1. The van der Waals surface area contributed by atoms with Crippen LogP contribution in [0.4, 0.5) is 5.13 Å². The standard InChI is InChI=1S/C25H23N3O3S2/c29-24(27-25-26-23(17-32-25)19-7-2-1-3-8-19)20-12-14-28(15-13-20)33(30,31)22-11-10-18-6-4-5-9-21(18)16-22/h1-11,16-17,20H,12-15H2,(H,26,27,29). The second-order valence-corrected chi connectivity index (χ2v) is 10.9. The van der Waals surface area contributed by atoms with Crippen LogP contribution >= 0.6 is 11.3 Å². The number of thiazole rings is 1. The first-order valence-electron chi connectivity index (χ1n) is 10.8. The van der Waals surface area contributed by atoms with Crippen molar-refractivity contribution in [2.24, 2.45) is 5.92 Å². The molecule has 33 heavy (non-hydrogen) atoms. The molecule has 3 aromatic carbocycles. The highest BCUT2D eigenvalue weighted by Crippen LogP contribution is 2.28. The van der Waals surface area contributed by atoms with Gasteiger partial charge in [-0.05, 0) is 35.7 Å². The molecule has 2 heterocycles. The van der Waals surface area contributed by atoms with Gasteiger partial charge in [-0.1, -0.05) is 60.7 Å². The minimum atomic E-state index is -3.60. The average Bonchev–Trinajstić information content (AvgIpc) is 3.33. The van der Waals surface area contributed by atoms with Gasteiger partial charge in [-0.15, -0.1) is 11.3 Å². The molecule has 1 N–H and O–H groups in total. The van der Waals surface area contributed by atoms with E-state index in [1.165, 1.54) is 15.6 Å². The molecule has 0 bridgehead atoms. The normalized spacial score (nSPS) is 15.5. The summed E-state index contributed by atoms with van der Waals surface area (Å²) >= 11 is 1.39. The number of rotatable bonds is 5. The van der Waals surface area contributed by atoms with Crippen molar-refractivity contribution in [3.63, 3.8) is 0 Å². The van der Waals surface area contributed by atoms with E-state index in [1.54, 1.807) is 12.1 Å². The third kappa shape index (κ3) is 4.55. The molecule has 1 saturated heterocycles. The van der Waals surface area contributed by atoms with Crippen LogP contribution < -0.4 is 5.32 Å². The Bertz CT molecular complexity index is 1390. The van der Waals surface area contributed by atoms with E-state index >= 15 is 0 Å². The molecule has 0 spiro atoms. The van der Waals surface area contributed by atoms with Gasteiger partial charge in [0, 0.05) is 30.0 Å². The third-order valence-corrected chi connectivity index (χ3v) is 8.64. The molecule has 1 aromatic heterocycles. The van der Waals surface area contributed by atoms with Crippen LogP contribution in [0.15, 0.2) is 83.1 Å². The Balaban J connectivity index is 1.22. The van der Waals surface area contributed by atoms with Gasteiger partial charge in [0.15, 0.2) is 5.13 Å². The number of fused-ring (bicyclic) bond motifs is 1. The quantitative estimate of drug-likeness (QED) is 0.439. The molecule has 6 nitrogen and oxygen atoms in total. The molecule has 8 heteroatoms. The molecule has 168 valence electrons. The summed E-state index contributed by atoms with van der Waals surface area (Å²) in [4.78, 5) is 17.6. The van der Waals surface area contributed by atoms with Crippen LogP contribution in [-0.2, 0) is 14.8 Å². The minimum absolute atomic E-state index is 0.105. The maximum atomic E-state index is 13.2. The lowest BCUT2D eigenvalue weighted by Crippen LogP contribution is -2.41. The molecule has 1 aliphatic rings. The molecule has 0 aliphatic carbocycles. The minimum Gasteiger partial charge on any atom is -0.302 e. The monoisotopic (exact) mass is 477 g/mol. The van der Waals surface area contributed by atoms with E-state index in [2.05, 4.69) is 10.3 Å². The summed E-state index contributed by atoms with van der Waals surface area (Å²) < 4.78 is 27.8. The number of piperidine rings is 1. The molecule has 1 fully saturated rings. The zero-order valence-electron chi connectivity index (χ0n) is 17.8. The number of nitrogens with one attached hydrogen (secondary N) is 1. The summed E-state index contributed by atoms with van der Waals surface area (Å²) in [6.45, 7) is 0.640. The fourth-order valence-corrected chi connectivity index (χ4v) is 6.34. The second-order valence-electron chi connectivity index (χ2n) is 8.08. The van der Waals surface area contributed by atoms with Crippen molar-refractivity contribution in [2.75, 3.05) is 18.4 Å². The van der Waals surface area contributed by atoms with Crippen LogP contribution in [0.5, 0.6) is 0 Å². The van der Waals surface area contributed by atoms with Crippen LogP contribution in [0, 0.1) is 5.92 Å². The van der Waals surface area contributed by atoms with E-state index in [9.17, 15) is 13.2 Å². The zero-order valence-corrected chi connectivity index (χ0v) is 19.5. The summed E-state index contributed by atoms with van der Waals surface area (Å²) in [7, 11) is -3.60. The smallest absolute Gasteiger partial charge is 0.243 e. The molecule has 0 saturated carbocycles. The number of hydrogen-bond donors (Lipinski definition) is 1. The molecule has 0 atom stereocenters. The van der Waals surface area contributed by atoms with Gasteiger partial charge in [-0.25, -0.2) is 13.4 Å². The summed E-state index contributed by atoms with van der Waals surface area (Å²) in [6.07, 6.45) is 0.963. The fraction of sp³-hybridized carbons (Fsp3) is 0.200. The highest BCUT2D eigenvalue weighted by molar-refractivity contribution is 7.89. The number of nitrogens with zero attached hydrogens (tertiary/aromatic N) is 2. The molecule has 5 rings (SSSR count). The predicted molar refractivity (Wildman–Crippen MR) is 132 cm³/mol. The number of anilines is 1. The van der Waals surface area contributed by atoms with Gasteiger partial charge in [-0.3, -0.25) is 4.79 Å². The van der Waals surface area contributed by atoms with Gasteiger partial charge in [0.05, 0.1) is 10.6 Å². The van der Waals surface area contributed by atoms with Crippen molar-refractivity contribution >= 4 is 43.2 Å². The van der Waals surface area contributed by atoms with E-state index in [1.807, 2.05) is 66.0 Å². The molecular formula is C25H23N3O3S2. The number of carbonyl (C=O) groups excluding carboxylic acids is 1. The predicted octanol–water partition coefficient (Wildman–Crippen LogP) is 5.00. The molecule has 1 amide bonds. The maximum absolute atomic E-state index is 13.2. The first-order valence-corrected chi connectivity index (χ1v) is 13.1. The van der Waals surface area contributed by atoms with Crippen LogP contribution in [0.1, 0.15) is 12.8 Å². The van der Waals surface area contributed by atoms with E-state index in [4.69, 9.17) is 0 Å². The number of carbonyl (C=O) groups is 1. The van der Waals surface area contributed by atoms with Crippen LogP contribution in [0.3, 0.4) is 0 Å². The van der Waals surface area contributed by atoms with Gasteiger partial charge in [0.2, 0.25) is 15.9 Å². The highest BCUT2D eigenvalue weighted by Gasteiger charge is 2.32. The van der Waals surface area contributed by atoms with E-state index in [0.717, 1.165) is 22.0 Å². The van der Waals surface area contributed by atoms with Crippen LogP contribution in [0.25, 0.3) is 22.0 Å². The number of benzene rings is 3. The third-order valence-electron chi connectivity index (χ3n) is 5.99.